The summed E-state index contributed by atoms with van der Waals surface area (Å²) in [6, 6.07) is 12.9. The van der Waals surface area contributed by atoms with Gasteiger partial charge in [0.2, 0.25) is 0 Å². The molecule has 3 aromatic rings. The molecule has 2 aromatic heterocycles. The fourth-order valence-electron chi connectivity index (χ4n) is 4.24. The third kappa shape index (κ3) is 1.93. The van der Waals surface area contributed by atoms with Gasteiger partial charge in [0, 0.05) is 17.5 Å². The number of thiophene rings is 1. The summed E-state index contributed by atoms with van der Waals surface area (Å²) in [4.78, 5) is 13.7. The number of aromatic nitrogens is 2. The lowest BCUT2D eigenvalue weighted by Crippen LogP contribution is -2.48. The van der Waals surface area contributed by atoms with Crippen LogP contribution in [0.2, 0.25) is 0 Å². The molecule has 0 amide bonds. The molecule has 0 aliphatic carbocycles. The Kier molecular flexibility index (Phi) is 3.18. The van der Waals surface area contributed by atoms with Gasteiger partial charge in [0.1, 0.15) is 18.2 Å². The van der Waals surface area contributed by atoms with Crippen molar-refractivity contribution in [3.8, 4) is 0 Å². The molecule has 0 spiro atoms. The second-order valence-electron chi connectivity index (χ2n) is 6.52. The van der Waals surface area contributed by atoms with Crippen LogP contribution in [0.1, 0.15) is 18.4 Å². The first-order chi connectivity index (χ1) is 12.3. The summed E-state index contributed by atoms with van der Waals surface area (Å²) in [6.07, 6.45) is 5.82. The predicted octanol–water partition coefficient (Wildman–Crippen LogP) is 5.07. The standard InChI is InChI=1S/C20H18N4S/c1-3-14-13(2)20-23(18-9-6-10-25-18)17-11-21-12-22-19(17)24(20)16-8-5-4-7-15(14)16/h3-14,20H,1H2,2H3. The Hall–Kier alpha value is -2.66. The van der Waals surface area contributed by atoms with Gasteiger partial charge in [-0.15, -0.1) is 17.9 Å². The van der Waals surface area contributed by atoms with Gasteiger partial charge in [-0.1, -0.05) is 31.2 Å². The van der Waals surface area contributed by atoms with Crippen molar-refractivity contribution < 1.29 is 0 Å². The van der Waals surface area contributed by atoms with Crippen molar-refractivity contribution in [3.63, 3.8) is 0 Å². The average Bonchev–Trinajstić information content (AvgIpc) is 3.28. The van der Waals surface area contributed by atoms with E-state index in [9.17, 15) is 0 Å². The quantitative estimate of drug-likeness (QED) is 0.606. The molecule has 3 unspecified atom stereocenters. The Morgan fingerprint density at radius 3 is 2.80 bits per heavy atom. The number of para-hydroxylation sites is 1. The van der Waals surface area contributed by atoms with Crippen LogP contribution in [0.5, 0.6) is 0 Å². The first-order valence-corrected chi connectivity index (χ1v) is 9.32. The fourth-order valence-corrected chi connectivity index (χ4v) is 5.01. The van der Waals surface area contributed by atoms with Crippen LogP contribution in [0.3, 0.4) is 0 Å². The van der Waals surface area contributed by atoms with Gasteiger partial charge in [-0.3, -0.25) is 0 Å². The van der Waals surface area contributed by atoms with Crippen LogP contribution in [0.15, 0.2) is 67.0 Å². The van der Waals surface area contributed by atoms with Crippen LogP contribution in [0, 0.1) is 5.92 Å². The van der Waals surface area contributed by atoms with Crippen molar-refractivity contribution in [2.45, 2.75) is 19.0 Å². The van der Waals surface area contributed by atoms with Gasteiger partial charge in [-0.25, -0.2) is 9.97 Å². The van der Waals surface area contributed by atoms with Gasteiger partial charge in [-0.2, -0.15) is 0 Å². The Morgan fingerprint density at radius 1 is 1.12 bits per heavy atom. The number of anilines is 4. The molecule has 2 aliphatic rings. The third-order valence-corrected chi connectivity index (χ3v) is 6.15. The highest BCUT2D eigenvalue weighted by atomic mass is 32.1. The maximum atomic E-state index is 4.64. The van der Waals surface area contributed by atoms with Crippen LogP contribution in [0.4, 0.5) is 22.2 Å². The van der Waals surface area contributed by atoms with Crippen molar-refractivity contribution in [1.29, 1.82) is 0 Å². The number of hydrogen-bond donors (Lipinski definition) is 0. The number of nitrogens with zero attached hydrogens (tertiary/aromatic N) is 4. The summed E-state index contributed by atoms with van der Waals surface area (Å²) >= 11 is 1.75. The second kappa shape index (κ2) is 5.43. The van der Waals surface area contributed by atoms with Crippen molar-refractivity contribution in [2.24, 2.45) is 5.92 Å². The number of benzene rings is 1. The van der Waals surface area contributed by atoms with Gasteiger partial charge in [0.05, 0.1) is 11.2 Å². The molecule has 0 fully saturated rings. The fraction of sp³-hybridized carbons (Fsp3) is 0.200. The normalized spacial score (nSPS) is 23.8. The zero-order chi connectivity index (χ0) is 17.0. The molecule has 124 valence electrons. The Bertz CT molecular complexity index is 936. The Morgan fingerprint density at radius 2 is 2.00 bits per heavy atom. The molecule has 5 rings (SSSR count). The number of allylic oxidation sites excluding steroid dienone is 1. The van der Waals surface area contributed by atoms with Crippen molar-refractivity contribution in [2.75, 3.05) is 9.80 Å². The van der Waals surface area contributed by atoms with E-state index < -0.39 is 0 Å². The summed E-state index contributed by atoms with van der Waals surface area (Å²) in [6.45, 7) is 6.43. The van der Waals surface area contributed by atoms with Crippen LogP contribution in [0.25, 0.3) is 0 Å². The molecule has 0 N–H and O–H groups in total. The smallest absolute Gasteiger partial charge is 0.162 e. The second-order valence-corrected chi connectivity index (χ2v) is 7.44. The zero-order valence-electron chi connectivity index (χ0n) is 13.9. The van der Waals surface area contributed by atoms with Crippen LogP contribution in [-0.2, 0) is 0 Å². The van der Waals surface area contributed by atoms with E-state index in [1.807, 2.05) is 6.20 Å². The van der Waals surface area contributed by atoms with E-state index in [1.54, 1.807) is 17.7 Å². The van der Waals surface area contributed by atoms with Gasteiger partial charge >= 0.3 is 0 Å². The third-order valence-electron chi connectivity index (χ3n) is 5.28. The molecular weight excluding hydrogens is 328 g/mol. The van der Waals surface area contributed by atoms with Gasteiger partial charge < -0.3 is 9.80 Å². The summed E-state index contributed by atoms with van der Waals surface area (Å²) in [7, 11) is 0. The monoisotopic (exact) mass is 346 g/mol. The van der Waals surface area contributed by atoms with Gasteiger partial charge in [0.25, 0.3) is 0 Å². The average molecular weight is 346 g/mol. The minimum atomic E-state index is 0.170. The molecule has 0 saturated heterocycles. The highest BCUT2D eigenvalue weighted by Gasteiger charge is 2.48. The molecule has 0 bridgehead atoms. The molecular formula is C20H18N4S. The van der Waals surface area contributed by atoms with Crippen molar-refractivity contribution in [1.82, 2.24) is 9.97 Å². The molecule has 4 nitrogen and oxygen atoms in total. The van der Waals surface area contributed by atoms with Crippen molar-refractivity contribution >= 4 is 33.5 Å². The van der Waals surface area contributed by atoms with Crippen LogP contribution < -0.4 is 9.80 Å². The SMILES string of the molecule is C=CC1c2ccccc2N2c3ncncc3N(c3cccs3)C2C1C. The maximum absolute atomic E-state index is 4.64. The highest BCUT2D eigenvalue weighted by Crippen LogP contribution is 2.55. The summed E-state index contributed by atoms with van der Waals surface area (Å²) < 4.78 is 0. The molecule has 0 radical (unpaired) electrons. The lowest BCUT2D eigenvalue weighted by molar-refractivity contribution is 0.410. The number of rotatable bonds is 2. The van der Waals surface area contributed by atoms with E-state index in [0.29, 0.717) is 11.8 Å². The summed E-state index contributed by atoms with van der Waals surface area (Å²) in [5, 5.41) is 3.34. The molecule has 3 atom stereocenters. The minimum absolute atomic E-state index is 0.170. The van der Waals surface area contributed by atoms with E-state index >= 15 is 0 Å². The van der Waals surface area contributed by atoms with Gasteiger partial charge in [-0.05, 0) is 29.1 Å². The Labute approximate surface area is 151 Å². The number of fused-ring (bicyclic) bond motifs is 5. The molecule has 2 aliphatic heterocycles. The first-order valence-electron chi connectivity index (χ1n) is 8.44. The van der Waals surface area contributed by atoms with E-state index in [2.05, 4.69) is 81.1 Å². The highest BCUT2D eigenvalue weighted by molar-refractivity contribution is 7.14. The molecule has 4 heterocycles. The first kappa shape index (κ1) is 14.7. The van der Waals surface area contributed by atoms with Crippen LogP contribution in [-0.4, -0.2) is 16.1 Å². The summed E-state index contributed by atoms with van der Waals surface area (Å²) in [5.41, 5.74) is 3.61. The van der Waals surface area contributed by atoms with Crippen molar-refractivity contribution in [3.05, 3.63) is 72.5 Å². The van der Waals surface area contributed by atoms with E-state index in [-0.39, 0.29) is 6.17 Å². The number of hydrogen-bond acceptors (Lipinski definition) is 5. The topological polar surface area (TPSA) is 32.3 Å². The van der Waals surface area contributed by atoms with E-state index in [1.165, 1.54) is 16.3 Å². The zero-order valence-corrected chi connectivity index (χ0v) is 14.7. The lowest BCUT2D eigenvalue weighted by atomic mass is 9.80. The minimum Gasteiger partial charge on any atom is -0.307 e. The molecule has 5 heteroatoms. The molecule has 0 saturated carbocycles. The van der Waals surface area contributed by atoms with E-state index in [0.717, 1.165) is 11.5 Å². The molecule has 25 heavy (non-hydrogen) atoms. The largest absolute Gasteiger partial charge is 0.307 e. The lowest BCUT2D eigenvalue weighted by Gasteiger charge is -2.44. The van der Waals surface area contributed by atoms with Crippen LogP contribution >= 0.6 is 11.3 Å². The van der Waals surface area contributed by atoms with E-state index in [4.69, 9.17) is 0 Å². The Balaban J connectivity index is 1.79. The van der Waals surface area contributed by atoms with Gasteiger partial charge in [0.15, 0.2) is 5.82 Å². The summed E-state index contributed by atoms with van der Waals surface area (Å²) in [5.74, 6) is 1.65. The molecule has 1 aromatic carbocycles. The maximum Gasteiger partial charge on any atom is 0.162 e. The predicted molar refractivity (Wildman–Crippen MR) is 103 cm³/mol.